The van der Waals surface area contributed by atoms with Crippen LogP contribution in [-0.4, -0.2) is 9.13 Å². The van der Waals surface area contributed by atoms with Crippen molar-refractivity contribution in [1.82, 2.24) is 9.13 Å². The Morgan fingerprint density at radius 1 is 0.600 bits per heavy atom. The fourth-order valence-corrected chi connectivity index (χ4v) is 4.42. The van der Waals surface area contributed by atoms with Gasteiger partial charge in [0, 0.05) is 0 Å². The van der Waals surface area contributed by atoms with Crippen LogP contribution in [0, 0.1) is 0 Å². The van der Waals surface area contributed by atoms with Gasteiger partial charge >= 0.3 is 0 Å². The van der Waals surface area contributed by atoms with E-state index < -0.39 is 0 Å². The van der Waals surface area contributed by atoms with E-state index in [0.29, 0.717) is 0 Å². The monoisotopic (exact) mass is 404 g/mol. The molecule has 0 spiro atoms. The van der Waals surface area contributed by atoms with Gasteiger partial charge in [0.2, 0.25) is 12.7 Å². The number of rotatable bonds is 11. The van der Waals surface area contributed by atoms with E-state index in [2.05, 4.69) is 93.3 Å². The molecule has 0 unspecified atom stereocenters. The third kappa shape index (κ3) is 4.43. The summed E-state index contributed by atoms with van der Waals surface area (Å²) < 4.78 is 9.74. The number of benzene rings is 2. The summed E-state index contributed by atoms with van der Waals surface area (Å²) >= 11 is 0. The van der Waals surface area contributed by atoms with Gasteiger partial charge in [0.05, 0.1) is 26.2 Å². The molecule has 0 aliphatic rings. The van der Waals surface area contributed by atoms with Gasteiger partial charge in [-0.15, -0.1) is 0 Å². The van der Waals surface area contributed by atoms with Crippen molar-refractivity contribution in [1.29, 1.82) is 0 Å². The van der Waals surface area contributed by atoms with E-state index >= 15 is 0 Å². The SMILES string of the molecule is CCCCn1c[n+](CCCC[n+]2cn(CCCC)c3ccccc32)c2ccccc21. The highest BCUT2D eigenvalue weighted by Crippen LogP contribution is 2.14. The van der Waals surface area contributed by atoms with Crippen LogP contribution < -0.4 is 9.13 Å². The Kier molecular flexibility index (Phi) is 6.83. The minimum Gasteiger partial charge on any atom is -0.230 e. The lowest BCUT2D eigenvalue weighted by Gasteiger charge is -1.99. The van der Waals surface area contributed by atoms with Crippen LogP contribution in [0.2, 0.25) is 0 Å². The number of aromatic nitrogens is 4. The molecule has 0 bridgehead atoms. The first kappa shape index (κ1) is 20.6. The first-order valence-corrected chi connectivity index (χ1v) is 11.8. The topological polar surface area (TPSA) is 17.6 Å². The maximum atomic E-state index is 2.44. The predicted molar refractivity (Wildman–Crippen MR) is 123 cm³/mol. The Bertz CT molecular complexity index is 1000. The smallest absolute Gasteiger partial charge is 0.230 e. The van der Waals surface area contributed by atoms with E-state index in [4.69, 9.17) is 0 Å². The molecule has 158 valence electrons. The van der Waals surface area contributed by atoms with Crippen LogP contribution in [-0.2, 0) is 26.2 Å². The van der Waals surface area contributed by atoms with E-state index in [0.717, 1.165) is 26.2 Å². The average Bonchev–Trinajstić information content (AvgIpc) is 3.32. The molecule has 0 atom stereocenters. The third-order valence-electron chi connectivity index (χ3n) is 6.11. The molecule has 2 aromatic carbocycles. The number of hydrogen-bond acceptors (Lipinski definition) is 0. The average molecular weight is 405 g/mol. The molecule has 0 fully saturated rings. The van der Waals surface area contributed by atoms with Gasteiger partial charge < -0.3 is 0 Å². The second-order valence-corrected chi connectivity index (χ2v) is 8.40. The zero-order chi connectivity index (χ0) is 20.8. The number of hydrogen-bond donors (Lipinski definition) is 0. The van der Waals surface area contributed by atoms with Crippen LogP contribution in [0.4, 0.5) is 0 Å². The largest absolute Gasteiger partial charge is 0.244 e. The Balaban J connectivity index is 1.42. The quantitative estimate of drug-likeness (QED) is 0.240. The maximum Gasteiger partial charge on any atom is 0.244 e. The molecule has 2 aromatic heterocycles. The van der Waals surface area contributed by atoms with Crippen molar-refractivity contribution in [3.63, 3.8) is 0 Å². The van der Waals surface area contributed by atoms with Crippen LogP contribution in [0.25, 0.3) is 22.1 Å². The van der Waals surface area contributed by atoms with E-state index in [1.54, 1.807) is 0 Å². The van der Waals surface area contributed by atoms with Crippen LogP contribution in [0.15, 0.2) is 61.2 Å². The number of unbranched alkanes of at least 4 members (excludes halogenated alkanes) is 3. The van der Waals surface area contributed by atoms with E-state index in [-0.39, 0.29) is 0 Å². The summed E-state index contributed by atoms with van der Waals surface area (Å²) in [6.45, 7) is 8.89. The van der Waals surface area contributed by atoms with Crippen molar-refractivity contribution >= 4 is 22.1 Å². The summed E-state index contributed by atoms with van der Waals surface area (Å²) in [5.74, 6) is 0. The number of fused-ring (bicyclic) bond motifs is 2. The first-order chi connectivity index (χ1) is 14.8. The molecule has 0 aliphatic carbocycles. The van der Waals surface area contributed by atoms with Crippen LogP contribution >= 0.6 is 0 Å². The highest BCUT2D eigenvalue weighted by Gasteiger charge is 2.16. The molecule has 0 amide bonds. The fraction of sp³-hybridized carbons (Fsp3) is 0.462. The Hall–Kier alpha value is -2.62. The van der Waals surface area contributed by atoms with E-state index in [1.165, 1.54) is 60.6 Å². The Labute approximate surface area is 180 Å². The molecule has 0 N–H and O–H groups in total. The summed E-state index contributed by atoms with van der Waals surface area (Å²) in [6.07, 6.45) is 12.0. The lowest BCUT2D eigenvalue weighted by molar-refractivity contribution is -0.684. The number of imidazole rings is 2. The molecule has 0 aliphatic heterocycles. The molecule has 4 nitrogen and oxygen atoms in total. The van der Waals surface area contributed by atoms with Crippen molar-refractivity contribution in [3.8, 4) is 0 Å². The van der Waals surface area contributed by atoms with Gasteiger partial charge in [-0.3, -0.25) is 0 Å². The molecule has 4 rings (SSSR count). The standard InChI is InChI=1S/C26H36N4/c1-3-5-17-27-21-29(25-15-9-7-13-23(25)27)19-11-12-20-30-22-28(18-6-4-2)24-14-8-10-16-26(24)30/h7-10,13-16,21-22H,3-6,11-12,17-20H2,1-2H3/q+2. The Morgan fingerprint density at radius 2 is 1.03 bits per heavy atom. The van der Waals surface area contributed by atoms with Crippen LogP contribution in [0.5, 0.6) is 0 Å². The molecule has 0 radical (unpaired) electrons. The van der Waals surface area contributed by atoms with E-state index in [9.17, 15) is 0 Å². The van der Waals surface area contributed by atoms with Crippen LogP contribution in [0.3, 0.4) is 0 Å². The minimum absolute atomic E-state index is 1.08. The highest BCUT2D eigenvalue weighted by atomic mass is 15.1. The number of nitrogens with zero attached hydrogens (tertiary/aromatic N) is 4. The lowest BCUT2D eigenvalue weighted by Crippen LogP contribution is -2.35. The molecule has 0 saturated heterocycles. The van der Waals surface area contributed by atoms with Gasteiger partial charge in [-0.25, -0.2) is 18.3 Å². The van der Waals surface area contributed by atoms with Crippen molar-refractivity contribution < 1.29 is 9.13 Å². The van der Waals surface area contributed by atoms with Crippen LogP contribution in [0.1, 0.15) is 52.4 Å². The molecular formula is C26H36N4+2. The second-order valence-electron chi connectivity index (χ2n) is 8.40. The molecular weight excluding hydrogens is 368 g/mol. The fourth-order valence-electron chi connectivity index (χ4n) is 4.42. The summed E-state index contributed by atoms with van der Waals surface area (Å²) in [5.41, 5.74) is 5.44. The normalized spacial score (nSPS) is 11.7. The first-order valence-electron chi connectivity index (χ1n) is 11.8. The maximum absolute atomic E-state index is 2.44. The summed E-state index contributed by atoms with van der Waals surface area (Å²) in [5, 5.41) is 0. The number of para-hydroxylation sites is 4. The van der Waals surface area contributed by atoms with Crippen molar-refractivity contribution in [2.24, 2.45) is 0 Å². The van der Waals surface area contributed by atoms with Crippen molar-refractivity contribution in [2.75, 3.05) is 0 Å². The summed E-state index contributed by atoms with van der Waals surface area (Å²) in [4.78, 5) is 0. The van der Waals surface area contributed by atoms with Gasteiger partial charge in [0.15, 0.2) is 22.1 Å². The molecule has 30 heavy (non-hydrogen) atoms. The van der Waals surface area contributed by atoms with Gasteiger partial charge in [-0.2, -0.15) is 0 Å². The van der Waals surface area contributed by atoms with Crippen molar-refractivity contribution in [3.05, 3.63) is 61.2 Å². The third-order valence-corrected chi connectivity index (χ3v) is 6.11. The van der Waals surface area contributed by atoms with Crippen molar-refractivity contribution in [2.45, 2.75) is 78.6 Å². The molecule has 0 saturated carbocycles. The zero-order valence-corrected chi connectivity index (χ0v) is 18.6. The second kappa shape index (κ2) is 9.92. The highest BCUT2D eigenvalue weighted by molar-refractivity contribution is 5.72. The lowest BCUT2D eigenvalue weighted by atomic mass is 10.2. The molecule has 2 heterocycles. The zero-order valence-electron chi connectivity index (χ0n) is 18.6. The minimum atomic E-state index is 1.08. The summed E-state index contributed by atoms with van der Waals surface area (Å²) in [6, 6.07) is 17.6. The van der Waals surface area contributed by atoms with Gasteiger partial charge in [-0.05, 0) is 49.9 Å². The predicted octanol–water partition coefficient (Wildman–Crippen LogP) is 5.25. The van der Waals surface area contributed by atoms with Gasteiger partial charge in [0.25, 0.3) is 0 Å². The van der Waals surface area contributed by atoms with Gasteiger partial charge in [0.1, 0.15) is 0 Å². The molecule has 4 aromatic rings. The number of aryl methyl sites for hydroxylation is 4. The Morgan fingerprint density at radius 3 is 1.47 bits per heavy atom. The van der Waals surface area contributed by atoms with E-state index in [1.807, 2.05) is 0 Å². The summed E-state index contributed by atoms with van der Waals surface area (Å²) in [7, 11) is 0. The molecule has 4 heteroatoms. The van der Waals surface area contributed by atoms with Gasteiger partial charge in [-0.1, -0.05) is 51.0 Å².